The molecule has 21 heavy (non-hydrogen) atoms. The molecule has 0 radical (unpaired) electrons. The minimum Gasteiger partial charge on any atom is -0.493 e. The highest BCUT2D eigenvalue weighted by Crippen LogP contribution is 2.18. The molecule has 0 aliphatic rings. The van der Waals surface area contributed by atoms with Gasteiger partial charge in [-0.15, -0.1) is 11.3 Å². The molecule has 2 aromatic rings. The second-order valence-electron chi connectivity index (χ2n) is 4.51. The summed E-state index contributed by atoms with van der Waals surface area (Å²) < 4.78 is 5.57. The van der Waals surface area contributed by atoms with E-state index in [0.29, 0.717) is 17.9 Å². The Balaban J connectivity index is 2.03. The highest BCUT2D eigenvalue weighted by atomic mass is 32.1. The number of ether oxygens (including phenoxy) is 1. The molecule has 1 heterocycles. The van der Waals surface area contributed by atoms with Gasteiger partial charge in [0, 0.05) is 4.88 Å². The molecule has 0 saturated carbocycles. The summed E-state index contributed by atoms with van der Waals surface area (Å²) in [5.74, 6) is 0.312. The Bertz CT molecular complexity index is 635. The van der Waals surface area contributed by atoms with Crippen molar-refractivity contribution < 1.29 is 9.53 Å². The number of hydrogen-bond acceptors (Lipinski definition) is 4. The predicted molar refractivity (Wildman–Crippen MR) is 86.3 cm³/mol. The van der Waals surface area contributed by atoms with Crippen molar-refractivity contribution in [1.29, 1.82) is 0 Å². The standard InChI is InChI=1S/C16H18N2O2S/c1-3-9-20-14-7-5-4-6-13(14)16(19)18-17-11-15-12(2)8-10-21-15/h4-8,10-11H,3,9H2,1-2H3,(H,18,19). The minimum atomic E-state index is -0.271. The third-order valence-electron chi connectivity index (χ3n) is 2.84. The van der Waals surface area contributed by atoms with Gasteiger partial charge in [-0.1, -0.05) is 19.1 Å². The fraction of sp³-hybridized carbons (Fsp3) is 0.250. The lowest BCUT2D eigenvalue weighted by atomic mass is 10.2. The van der Waals surface area contributed by atoms with E-state index in [1.165, 1.54) is 0 Å². The van der Waals surface area contributed by atoms with E-state index in [9.17, 15) is 4.79 Å². The Kier molecular flexibility index (Phi) is 5.51. The number of benzene rings is 1. The van der Waals surface area contributed by atoms with E-state index in [2.05, 4.69) is 10.5 Å². The maximum Gasteiger partial charge on any atom is 0.275 e. The van der Waals surface area contributed by atoms with Crippen molar-refractivity contribution in [3.8, 4) is 5.75 Å². The van der Waals surface area contributed by atoms with E-state index in [-0.39, 0.29) is 5.91 Å². The zero-order chi connectivity index (χ0) is 15.1. The van der Waals surface area contributed by atoms with E-state index < -0.39 is 0 Å². The predicted octanol–water partition coefficient (Wildman–Crippen LogP) is 3.61. The molecule has 0 bridgehead atoms. The summed E-state index contributed by atoms with van der Waals surface area (Å²) in [5.41, 5.74) is 4.17. The van der Waals surface area contributed by atoms with Gasteiger partial charge in [-0.2, -0.15) is 5.10 Å². The van der Waals surface area contributed by atoms with E-state index >= 15 is 0 Å². The largest absolute Gasteiger partial charge is 0.493 e. The Morgan fingerprint density at radius 2 is 2.19 bits per heavy atom. The van der Waals surface area contributed by atoms with Crippen LogP contribution in [0.3, 0.4) is 0 Å². The molecule has 2 rings (SSSR count). The highest BCUT2D eigenvalue weighted by Gasteiger charge is 2.10. The lowest BCUT2D eigenvalue weighted by molar-refractivity contribution is 0.0951. The topological polar surface area (TPSA) is 50.7 Å². The van der Waals surface area contributed by atoms with Crippen LogP contribution in [0.4, 0.5) is 0 Å². The van der Waals surface area contributed by atoms with Gasteiger partial charge in [0.05, 0.1) is 18.4 Å². The van der Waals surface area contributed by atoms with Gasteiger partial charge < -0.3 is 4.74 Å². The van der Waals surface area contributed by atoms with Crippen LogP contribution in [0.15, 0.2) is 40.8 Å². The molecule has 5 heteroatoms. The molecular weight excluding hydrogens is 284 g/mol. The summed E-state index contributed by atoms with van der Waals surface area (Å²) in [7, 11) is 0. The molecule has 0 saturated heterocycles. The monoisotopic (exact) mass is 302 g/mol. The second-order valence-corrected chi connectivity index (χ2v) is 5.46. The lowest BCUT2D eigenvalue weighted by Crippen LogP contribution is -2.18. The van der Waals surface area contributed by atoms with Crippen LogP contribution >= 0.6 is 11.3 Å². The van der Waals surface area contributed by atoms with E-state index in [4.69, 9.17) is 4.74 Å². The second kappa shape index (κ2) is 7.59. The van der Waals surface area contributed by atoms with Gasteiger partial charge in [-0.25, -0.2) is 5.43 Å². The SMILES string of the molecule is CCCOc1ccccc1C(=O)NN=Cc1sccc1C. The van der Waals surface area contributed by atoms with Gasteiger partial charge in [0.2, 0.25) is 0 Å². The first-order valence-corrected chi connectivity index (χ1v) is 7.69. The number of para-hydroxylation sites is 1. The molecule has 1 N–H and O–H groups in total. The molecule has 0 aliphatic heterocycles. The van der Waals surface area contributed by atoms with Crippen molar-refractivity contribution in [1.82, 2.24) is 5.43 Å². The number of nitrogens with one attached hydrogen (secondary N) is 1. The quantitative estimate of drug-likeness (QED) is 0.654. The Hall–Kier alpha value is -2.14. The maximum absolute atomic E-state index is 12.1. The first-order valence-electron chi connectivity index (χ1n) is 6.81. The maximum atomic E-state index is 12.1. The van der Waals surface area contributed by atoms with Crippen LogP contribution in [-0.4, -0.2) is 18.7 Å². The normalized spacial score (nSPS) is 10.8. The number of nitrogens with zero attached hydrogens (tertiary/aromatic N) is 1. The molecule has 4 nitrogen and oxygen atoms in total. The van der Waals surface area contributed by atoms with Gasteiger partial charge in [-0.05, 0) is 42.5 Å². The summed E-state index contributed by atoms with van der Waals surface area (Å²) >= 11 is 1.59. The van der Waals surface area contributed by atoms with Gasteiger partial charge >= 0.3 is 0 Å². The average Bonchev–Trinajstić information content (AvgIpc) is 2.91. The van der Waals surface area contributed by atoms with Crippen molar-refractivity contribution in [2.75, 3.05) is 6.61 Å². The Morgan fingerprint density at radius 3 is 2.90 bits per heavy atom. The third-order valence-corrected chi connectivity index (χ3v) is 3.80. The van der Waals surface area contributed by atoms with E-state index in [0.717, 1.165) is 16.9 Å². The van der Waals surface area contributed by atoms with Crippen LogP contribution < -0.4 is 10.2 Å². The van der Waals surface area contributed by atoms with Gasteiger partial charge in [-0.3, -0.25) is 4.79 Å². The van der Waals surface area contributed by atoms with Gasteiger partial charge in [0.15, 0.2) is 0 Å². The number of amides is 1. The molecule has 1 aromatic heterocycles. The van der Waals surface area contributed by atoms with E-state index in [1.54, 1.807) is 35.8 Å². The first-order chi connectivity index (χ1) is 10.2. The van der Waals surface area contributed by atoms with Crippen molar-refractivity contribution in [3.63, 3.8) is 0 Å². The Morgan fingerprint density at radius 1 is 1.38 bits per heavy atom. The number of aryl methyl sites for hydroxylation is 1. The first kappa shape index (κ1) is 15.3. The average molecular weight is 302 g/mol. The fourth-order valence-corrected chi connectivity index (χ4v) is 2.50. The lowest BCUT2D eigenvalue weighted by Gasteiger charge is -2.09. The summed E-state index contributed by atoms with van der Waals surface area (Å²) in [6, 6.07) is 9.19. The Labute approximate surface area is 128 Å². The molecular formula is C16H18N2O2S. The molecule has 1 amide bonds. The summed E-state index contributed by atoms with van der Waals surface area (Å²) in [4.78, 5) is 13.2. The van der Waals surface area contributed by atoms with E-state index in [1.807, 2.05) is 31.4 Å². The van der Waals surface area contributed by atoms with Crippen LogP contribution in [0.2, 0.25) is 0 Å². The van der Waals surface area contributed by atoms with Crippen LogP contribution in [0.1, 0.15) is 34.1 Å². The molecule has 0 aliphatic carbocycles. The zero-order valence-corrected chi connectivity index (χ0v) is 12.9. The number of hydrazone groups is 1. The molecule has 110 valence electrons. The molecule has 0 unspecified atom stereocenters. The van der Waals surface area contributed by atoms with Crippen LogP contribution in [0.25, 0.3) is 0 Å². The van der Waals surface area contributed by atoms with Crippen molar-refractivity contribution in [3.05, 3.63) is 51.7 Å². The zero-order valence-electron chi connectivity index (χ0n) is 12.1. The number of thiophene rings is 1. The molecule has 1 aromatic carbocycles. The third kappa shape index (κ3) is 4.16. The highest BCUT2D eigenvalue weighted by molar-refractivity contribution is 7.11. The summed E-state index contributed by atoms with van der Waals surface area (Å²) in [6.07, 6.45) is 2.55. The summed E-state index contributed by atoms with van der Waals surface area (Å²) in [6.45, 7) is 4.62. The smallest absolute Gasteiger partial charge is 0.275 e. The number of hydrogen-bond donors (Lipinski definition) is 1. The van der Waals surface area contributed by atoms with Crippen molar-refractivity contribution in [2.45, 2.75) is 20.3 Å². The summed E-state index contributed by atoms with van der Waals surface area (Å²) in [5, 5.41) is 6.00. The number of rotatable bonds is 6. The number of carbonyl (C=O) groups is 1. The molecule has 0 spiro atoms. The molecule has 0 atom stereocenters. The number of carbonyl (C=O) groups excluding carboxylic acids is 1. The van der Waals surface area contributed by atoms with Crippen LogP contribution in [-0.2, 0) is 0 Å². The minimum absolute atomic E-state index is 0.271. The van der Waals surface area contributed by atoms with Crippen LogP contribution in [0.5, 0.6) is 5.75 Å². The van der Waals surface area contributed by atoms with Gasteiger partial charge in [0.1, 0.15) is 5.75 Å². The molecule has 0 fully saturated rings. The fourth-order valence-electron chi connectivity index (χ4n) is 1.72. The van der Waals surface area contributed by atoms with Gasteiger partial charge in [0.25, 0.3) is 5.91 Å². The van der Waals surface area contributed by atoms with Crippen LogP contribution in [0, 0.1) is 6.92 Å². The van der Waals surface area contributed by atoms with Crippen molar-refractivity contribution >= 4 is 23.5 Å². The van der Waals surface area contributed by atoms with Crippen molar-refractivity contribution in [2.24, 2.45) is 5.10 Å².